The number of rotatable bonds is 5. The number of hydrogen-bond donors (Lipinski definition) is 3. The molecule has 0 aliphatic rings. The van der Waals surface area contributed by atoms with Crippen LogP contribution in [-0.2, 0) is 4.79 Å². The van der Waals surface area contributed by atoms with Gasteiger partial charge in [-0.05, 0) is 69.3 Å². The van der Waals surface area contributed by atoms with Crippen LogP contribution < -0.4 is 11.1 Å². The van der Waals surface area contributed by atoms with E-state index in [1.54, 1.807) is 0 Å². The summed E-state index contributed by atoms with van der Waals surface area (Å²) in [6.07, 6.45) is 0.874. The maximum absolute atomic E-state index is 12.7. The zero-order valence-electron chi connectivity index (χ0n) is 12.2. The molecule has 0 spiro atoms. The molecule has 0 heterocycles. The van der Waals surface area contributed by atoms with Gasteiger partial charge in [-0.25, -0.2) is 0 Å². The Kier molecular flexibility index (Phi) is 6.22. The van der Waals surface area contributed by atoms with E-state index in [1.165, 1.54) is 0 Å². The second-order valence-electron chi connectivity index (χ2n) is 4.83. The fourth-order valence-corrected chi connectivity index (χ4v) is 3.81. The number of amidine groups is 1. The summed E-state index contributed by atoms with van der Waals surface area (Å²) in [5, 5.41) is 14.9. The Labute approximate surface area is 141 Å². The molecule has 0 aliphatic carbocycles. The largest absolute Gasteiger partial charge is 0.409 e. The fraction of sp³-hybridized carbons (Fsp3) is 0.429. The number of carbonyl (C=O) groups is 1. The summed E-state index contributed by atoms with van der Waals surface area (Å²) in [6.45, 7) is 5.63. The third kappa shape index (κ3) is 3.58. The standard InChI is InChI=1S/C14H19Br2N3O2/c1-4-14(5-2,12(17)19-21)13(20)18-11-9(15)6-8(3)7-10(11)16/h6-7,21H,4-5H2,1-3H3,(H2,17,19)(H,18,20). The Morgan fingerprint density at radius 2 is 1.81 bits per heavy atom. The highest BCUT2D eigenvalue weighted by atomic mass is 79.9. The summed E-state index contributed by atoms with van der Waals surface area (Å²) in [5.41, 5.74) is 6.40. The lowest BCUT2D eigenvalue weighted by atomic mass is 9.80. The summed E-state index contributed by atoms with van der Waals surface area (Å²) in [5.74, 6) is -0.377. The van der Waals surface area contributed by atoms with Gasteiger partial charge in [-0.15, -0.1) is 0 Å². The van der Waals surface area contributed by atoms with Crippen molar-refractivity contribution in [3.63, 3.8) is 0 Å². The number of anilines is 1. The normalized spacial score (nSPS) is 12.3. The van der Waals surface area contributed by atoms with Crippen molar-refractivity contribution in [1.29, 1.82) is 0 Å². The van der Waals surface area contributed by atoms with Gasteiger partial charge in [-0.3, -0.25) is 4.79 Å². The molecular weight excluding hydrogens is 402 g/mol. The Morgan fingerprint density at radius 1 is 1.33 bits per heavy atom. The van der Waals surface area contributed by atoms with E-state index in [9.17, 15) is 4.79 Å². The van der Waals surface area contributed by atoms with Gasteiger partial charge in [0.25, 0.3) is 0 Å². The van der Waals surface area contributed by atoms with E-state index in [-0.39, 0.29) is 11.7 Å². The minimum absolute atomic E-state index is 0.0793. The molecule has 1 rings (SSSR count). The van der Waals surface area contributed by atoms with Crippen LogP contribution in [0.1, 0.15) is 32.3 Å². The minimum atomic E-state index is -1.03. The molecule has 116 valence electrons. The molecule has 0 bridgehead atoms. The minimum Gasteiger partial charge on any atom is -0.409 e. The van der Waals surface area contributed by atoms with Crippen molar-refractivity contribution in [1.82, 2.24) is 0 Å². The molecule has 1 aromatic rings. The molecule has 0 saturated heterocycles. The Bertz CT molecular complexity index is 546. The van der Waals surface area contributed by atoms with Crippen molar-refractivity contribution in [2.45, 2.75) is 33.6 Å². The second-order valence-corrected chi connectivity index (χ2v) is 6.54. The van der Waals surface area contributed by atoms with Crippen LogP contribution >= 0.6 is 31.9 Å². The van der Waals surface area contributed by atoms with E-state index in [2.05, 4.69) is 42.3 Å². The number of nitrogens with one attached hydrogen (secondary N) is 1. The first-order valence-electron chi connectivity index (χ1n) is 6.57. The predicted molar refractivity (Wildman–Crippen MR) is 91.6 cm³/mol. The average Bonchev–Trinajstić information content (AvgIpc) is 2.44. The van der Waals surface area contributed by atoms with Crippen LogP contribution in [0.5, 0.6) is 0 Å². The maximum Gasteiger partial charge on any atom is 0.238 e. The number of carbonyl (C=O) groups excluding carboxylic acids is 1. The van der Waals surface area contributed by atoms with Gasteiger partial charge in [0.2, 0.25) is 5.91 Å². The van der Waals surface area contributed by atoms with E-state index in [4.69, 9.17) is 10.9 Å². The van der Waals surface area contributed by atoms with Gasteiger partial charge in [0.15, 0.2) is 5.84 Å². The summed E-state index contributed by atoms with van der Waals surface area (Å²) in [7, 11) is 0. The first-order chi connectivity index (χ1) is 9.82. The molecular formula is C14H19Br2N3O2. The smallest absolute Gasteiger partial charge is 0.238 e. The van der Waals surface area contributed by atoms with E-state index < -0.39 is 5.41 Å². The average molecular weight is 421 g/mol. The first kappa shape index (κ1) is 18.0. The van der Waals surface area contributed by atoms with Crippen LogP contribution in [-0.4, -0.2) is 17.0 Å². The van der Waals surface area contributed by atoms with Gasteiger partial charge in [0.1, 0.15) is 5.41 Å². The van der Waals surface area contributed by atoms with Gasteiger partial charge in [-0.2, -0.15) is 0 Å². The summed E-state index contributed by atoms with van der Waals surface area (Å²) in [4.78, 5) is 12.7. The molecule has 1 amide bonds. The third-order valence-electron chi connectivity index (χ3n) is 3.66. The van der Waals surface area contributed by atoms with Crippen LogP contribution in [0.25, 0.3) is 0 Å². The maximum atomic E-state index is 12.7. The molecule has 21 heavy (non-hydrogen) atoms. The van der Waals surface area contributed by atoms with Crippen molar-refractivity contribution < 1.29 is 10.0 Å². The van der Waals surface area contributed by atoms with Crippen molar-refractivity contribution >= 4 is 49.3 Å². The van der Waals surface area contributed by atoms with E-state index in [0.717, 1.165) is 14.5 Å². The monoisotopic (exact) mass is 419 g/mol. The lowest BCUT2D eigenvalue weighted by Gasteiger charge is -2.29. The van der Waals surface area contributed by atoms with Gasteiger partial charge in [0.05, 0.1) is 5.69 Å². The highest BCUT2D eigenvalue weighted by Crippen LogP contribution is 2.35. The quantitative estimate of drug-likeness (QED) is 0.291. The topological polar surface area (TPSA) is 87.7 Å². The van der Waals surface area contributed by atoms with Gasteiger partial charge in [0, 0.05) is 8.95 Å². The number of halogens is 2. The molecule has 5 nitrogen and oxygen atoms in total. The van der Waals surface area contributed by atoms with Crippen molar-refractivity contribution in [2.75, 3.05) is 5.32 Å². The SMILES string of the molecule is CCC(CC)(C(=O)Nc1c(Br)cc(C)cc1Br)C(N)=NO. The molecule has 0 unspecified atom stereocenters. The zero-order chi connectivity index (χ0) is 16.2. The van der Waals surface area contributed by atoms with Gasteiger partial charge in [-0.1, -0.05) is 19.0 Å². The molecule has 0 saturated carbocycles. The molecule has 7 heteroatoms. The van der Waals surface area contributed by atoms with E-state index >= 15 is 0 Å². The highest BCUT2D eigenvalue weighted by Gasteiger charge is 2.40. The second kappa shape index (κ2) is 7.26. The Morgan fingerprint density at radius 3 is 2.19 bits per heavy atom. The molecule has 0 fully saturated rings. The Balaban J connectivity index is 3.21. The zero-order valence-corrected chi connectivity index (χ0v) is 15.4. The van der Waals surface area contributed by atoms with Gasteiger partial charge < -0.3 is 16.3 Å². The first-order valence-corrected chi connectivity index (χ1v) is 8.16. The third-order valence-corrected chi connectivity index (χ3v) is 4.92. The molecule has 1 aromatic carbocycles. The number of benzene rings is 1. The number of nitrogens with zero attached hydrogens (tertiary/aromatic N) is 1. The summed E-state index contributed by atoms with van der Waals surface area (Å²) < 4.78 is 1.53. The molecule has 0 aliphatic heterocycles. The van der Waals surface area contributed by atoms with Crippen LogP contribution in [0.2, 0.25) is 0 Å². The molecule has 0 radical (unpaired) electrons. The summed E-state index contributed by atoms with van der Waals surface area (Å²) in [6, 6.07) is 3.81. The molecule has 4 N–H and O–H groups in total. The number of aryl methyl sites for hydroxylation is 1. The van der Waals surface area contributed by atoms with E-state index in [1.807, 2.05) is 32.9 Å². The number of hydrogen-bond acceptors (Lipinski definition) is 3. The van der Waals surface area contributed by atoms with E-state index in [0.29, 0.717) is 18.5 Å². The van der Waals surface area contributed by atoms with Crippen molar-refractivity contribution in [2.24, 2.45) is 16.3 Å². The fourth-order valence-electron chi connectivity index (χ4n) is 2.20. The summed E-state index contributed by atoms with van der Waals surface area (Å²) >= 11 is 6.87. The number of nitrogens with two attached hydrogens (primary N) is 1. The van der Waals surface area contributed by atoms with Crippen molar-refractivity contribution in [3.8, 4) is 0 Å². The highest BCUT2D eigenvalue weighted by molar-refractivity contribution is 9.11. The Hall–Kier alpha value is -1.08. The van der Waals surface area contributed by atoms with Crippen LogP contribution in [0, 0.1) is 12.3 Å². The van der Waals surface area contributed by atoms with Crippen LogP contribution in [0.3, 0.4) is 0 Å². The number of oxime groups is 1. The number of amides is 1. The molecule has 0 atom stereocenters. The van der Waals surface area contributed by atoms with Crippen LogP contribution in [0.4, 0.5) is 5.69 Å². The van der Waals surface area contributed by atoms with Crippen molar-refractivity contribution in [3.05, 3.63) is 26.6 Å². The van der Waals surface area contributed by atoms with Crippen LogP contribution in [0.15, 0.2) is 26.2 Å². The predicted octanol–water partition coefficient (Wildman–Crippen LogP) is 4.01. The molecule has 0 aromatic heterocycles. The lowest BCUT2D eigenvalue weighted by Crippen LogP contribution is -2.46. The van der Waals surface area contributed by atoms with Gasteiger partial charge >= 0.3 is 0 Å². The lowest BCUT2D eigenvalue weighted by molar-refractivity contribution is -0.122.